The number of carbonyl (C=O) groups is 1. The first-order chi connectivity index (χ1) is 12.0. The predicted molar refractivity (Wildman–Crippen MR) is 100 cm³/mol. The van der Waals surface area contributed by atoms with Crippen LogP contribution in [-0.2, 0) is 4.79 Å². The molecule has 1 aliphatic rings. The van der Waals surface area contributed by atoms with Gasteiger partial charge in [-0.15, -0.1) is 11.8 Å². The van der Waals surface area contributed by atoms with Crippen molar-refractivity contribution < 1.29 is 14.3 Å². The lowest BCUT2D eigenvalue weighted by atomic mass is 10.1. The van der Waals surface area contributed by atoms with Crippen molar-refractivity contribution in [2.24, 2.45) is 0 Å². The van der Waals surface area contributed by atoms with E-state index in [1.165, 1.54) is 5.56 Å². The van der Waals surface area contributed by atoms with Crippen LogP contribution in [0.2, 0.25) is 0 Å². The third kappa shape index (κ3) is 4.48. The van der Waals surface area contributed by atoms with Crippen LogP contribution < -0.4 is 14.8 Å². The van der Waals surface area contributed by atoms with Gasteiger partial charge in [0.25, 0.3) is 0 Å². The molecule has 0 saturated heterocycles. The van der Waals surface area contributed by atoms with E-state index in [4.69, 9.17) is 9.47 Å². The molecule has 1 N–H and O–H groups in total. The van der Waals surface area contributed by atoms with Crippen molar-refractivity contribution in [3.8, 4) is 11.5 Å². The van der Waals surface area contributed by atoms with Crippen molar-refractivity contribution in [3.05, 3.63) is 53.6 Å². The minimum Gasteiger partial charge on any atom is -0.486 e. The Morgan fingerprint density at radius 3 is 2.44 bits per heavy atom. The Balaban J connectivity index is 1.60. The van der Waals surface area contributed by atoms with E-state index in [0.29, 0.717) is 13.2 Å². The van der Waals surface area contributed by atoms with E-state index in [0.717, 1.165) is 22.0 Å². The summed E-state index contributed by atoms with van der Waals surface area (Å²) in [5.41, 5.74) is 2.22. The van der Waals surface area contributed by atoms with Crippen molar-refractivity contribution in [3.63, 3.8) is 0 Å². The van der Waals surface area contributed by atoms with Crippen LogP contribution in [0.4, 0.5) is 0 Å². The molecule has 0 saturated carbocycles. The minimum atomic E-state index is -0.164. The zero-order valence-corrected chi connectivity index (χ0v) is 15.6. The maximum absolute atomic E-state index is 12.5. The molecule has 2 atom stereocenters. The number of nitrogens with one attached hydrogen (secondary N) is 1. The Hall–Kier alpha value is -2.14. The van der Waals surface area contributed by atoms with Crippen LogP contribution in [0, 0.1) is 6.92 Å². The highest BCUT2D eigenvalue weighted by Crippen LogP contribution is 2.32. The summed E-state index contributed by atoms with van der Waals surface area (Å²) in [5, 5.41) is 2.91. The quantitative estimate of drug-likeness (QED) is 0.818. The molecule has 5 heteroatoms. The van der Waals surface area contributed by atoms with Crippen molar-refractivity contribution in [1.29, 1.82) is 0 Å². The summed E-state index contributed by atoms with van der Waals surface area (Å²) in [7, 11) is 0. The minimum absolute atomic E-state index is 0.0213. The Morgan fingerprint density at radius 2 is 1.72 bits per heavy atom. The zero-order chi connectivity index (χ0) is 17.8. The van der Waals surface area contributed by atoms with Crippen molar-refractivity contribution in [1.82, 2.24) is 5.32 Å². The van der Waals surface area contributed by atoms with Gasteiger partial charge in [-0.3, -0.25) is 4.79 Å². The van der Waals surface area contributed by atoms with Crippen LogP contribution in [0.1, 0.15) is 31.0 Å². The fourth-order valence-corrected chi connectivity index (χ4v) is 3.49. The molecule has 0 aliphatic carbocycles. The summed E-state index contributed by atoms with van der Waals surface area (Å²) in [5.74, 6) is 1.52. The first-order valence-corrected chi connectivity index (χ1v) is 9.34. The van der Waals surface area contributed by atoms with E-state index < -0.39 is 0 Å². The summed E-state index contributed by atoms with van der Waals surface area (Å²) < 4.78 is 11.2. The normalized spacial score (nSPS) is 15.3. The van der Waals surface area contributed by atoms with Crippen LogP contribution in [0.3, 0.4) is 0 Å². The molecule has 0 fully saturated rings. The van der Waals surface area contributed by atoms with Gasteiger partial charge in [0.05, 0.1) is 11.3 Å². The number of ether oxygens (including phenoxy) is 2. The molecule has 25 heavy (non-hydrogen) atoms. The molecule has 0 aromatic heterocycles. The van der Waals surface area contributed by atoms with Crippen LogP contribution in [0.25, 0.3) is 0 Å². The van der Waals surface area contributed by atoms with E-state index in [1.54, 1.807) is 11.8 Å². The van der Waals surface area contributed by atoms with E-state index in [-0.39, 0.29) is 17.2 Å². The van der Waals surface area contributed by atoms with Gasteiger partial charge in [-0.1, -0.05) is 23.8 Å². The number of amides is 1. The summed E-state index contributed by atoms with van der Waals surface area (Å²) in [6, 6.07) is 13.9. The molecule has 1 heterocycles. The fraction of sp³-hybridized carbons (Fsp3) is 0.350. The van der Waals surface area contributed by atoms with E-state index in [1.807, 2.05) is 44.2 Å². The second kappa shape index (κ2) is 7.83. The number of aryl methyl sites for hydroxylation is 1. The molecule has 2 aromatic carbocycles. The number of hydrogen-bond donors (Lipinski definition) is 1. The van der Waals surface area contributed by atoms with Crippen molar-refractivity contribution >= 4 is 17.7 Å². The molecule has 3 rings (SSSR count). The van der Waals surface area contributed by atoms with Crippen LogP contribution in [-0.4, -0.2) is 24.4 Å². The highest BCUT2D eigenvalue weighted by molar-refractivity contribution is 8.00. The highest BCUT2D eigenvalue weighted by atomic mass is 32.2. The molecule has 4 nitrogen and oxygen atoms in total. The molecule has 1 amide bonds. The lowest BCUT2D eigenvalue weighted by Crippen LogP contribution is -2.33. The van der Waals surface area contributed by atoms with Gasteiger partial charge >= 0.3 is 0 Å². The van der Waals surface area contributed by atoms with Gasteiger partial charge in [-0.05, 0) is 50.6 Å². The Bertz CT molecular complexity index is 745. The van der Waals surface area contributed by atoms with Crippen LogP contribution >= 0.6 is 11.8 Å². The molecule has 1 aliphatic heterocycles. The van der Waals surface area contributed by atoms with Crippen molar-refractivity contribution in [2.75, 3.05) is 13.2 Å². The van der Waals surface area contributed by atoms with Crippen LogP contribution in [0.5, 0.6) is 11.5 Å². The van der Waals surface area contributed by atoms with Gasteiger partial charge in [-0.2, -0.15) is 0 Å². The number of rotatable bonds is 5. The molecular weight excluding hydrogens is 334 g/mol. The largest absolute Gasteiger partial charge is 0.486 e. The summed E-state index contributed by atoms with van der Waals surface area (Å²) in [4.78, 5) is 13.6. The summed E-state index contributed by atoms with van der Waals surface area (Å²) in [6.45, 7) is 7.09. The standard InChI is InChI=1S/C20H23NO3S/c1-13-4-7-17(8-5-13)25-15(3)20(22)21-14(2)16-6-9-18-19(12-16)24-11-10-23-18/h4-9,12,14-15H,10-11H2,1-3H3,(H,21,22)/t14-,15-/m1/s1. The van der Waals surface area contributed by atoms with Crippen molar-refractivity contribution in [2.45, 2.75) is 37.0 Å². The third-order valence-electron chi connectivity index (χ3n) is 4.13. The maximum Gasteiger partial charge on any atom is 0.233 e. The summed E-state index contributed by atoms with van der Waals surface area (Å²) in [6.07, 6.45) is 0. The van der Waals surface area contributed by atoms with Gasteiger partial charge in [0.15, 0.2) is 11.5 Å². The van der Waals surface area contributed by atoms with E-state index in [9.17, 15) is 4.79 Å². The van der Waals surface area contributed by atoms with Gasteiger partial charge in [0.1, 0.15) is 13.2 Å². The smallest absolute Gasteiger partial charge is 0.233 e. The third-order valence-corrected chi connectivity index (χ3v) is 5.24. The second-order valence-corrected chi connectivity index (χ2v) is 7.62. The first-order valence-electron chi connectivity index (χ1n) is 8.46. The fourth-order valence-electron chi connectivity index (χ4n) is 2.62. The van der Waals surface area contributed by atoms with Gasteiger partial charge in [0.2, 0.25) is 5.91 Å². The zero-order valence-electron chi connectivity index (χ0n) is 14.7. The summed E-state index contributed by atoms with van der Waals surface area (Å²) >= 11 is 1.56. The molecule has 2 aromatic rings. The maximum atomic E-state index is 12.5. The van der Waals surface area contributed by atoms with Gasteiger partial charge in [-0.25, -0.2) is 0 Å². The number of benzene rings is 2. The molecule has 0 unspecified atom stereocenters. The number of hydrogen-bond acceptors (Lipinski definition) is 4. The molecule has 0 bridgehead atoms. The first kappa shape index (κ1) is 17.7. The second-order valence-electron chi connectivity index (χ2n) is 6.21. The van der Waals surface area contributed by atoms with E-state index in [2.05, 4.69) is 24.4 Å². The average molecular weight is 357 g/mol. The SMILES string of the molecule is Cc1ccc(S[C@H](C)C(=O)N[C@H](C)c2ccc3c(c2)OCCO3)cc1. The lowest BCUT2D eigenvalue weighted by Gasteiger charge is -2.22. The number of fused-ring (bicyclic) bond motifs is 1. The molecular formula is C20H23NO3S. The lowest BCUT2D eigenvalue weighted by molar-refractivity contribution is -0.120. The monoisotopic (exact) mass is 357 g/mol. The van der Waals surface area contributed by atoms with Gasteiger partial charge in [0, 0.05) is 4.90 Å². The average Bonchev–Trinajstić information content (AvgIpc) is 2.63. The predicted octanol–water partition coefficient (Wildman–Crippen LogP) is 4.12. The Kier molecular flexibility index (Phi) is 5.53. The highest BCUT2D eigenvalue weighted by Gasteiger charge is 2.19. The molecule has 132 valence electrons. The molecule has 0 radical (unpaired) electrons. The molecule has 0 spiro atoms. The number of thioether (sulfide) groups is 1. The van der Waals surface area contributed by atoms with E-state index >= 15 is 0 Å². The Morgan fingerprint density at radius 1 is 1.04 bits per heavy atom. The number of carbonyl (C=O) groups excluding carboxylic acids is 1. The topological polar surface area (TPSA) is 47.6 Å². The van der Waals surface area contributed by atoms with Crippen LogP contribution in [0.15, 0.2) is 47.4 Å². The Labute approximate surface area is 152 Å². The van der Waals surface area contributed by atoms with Gasteiger partial charge < -0.3 is 14.8 Å².